The summed E-state index contributed by atoms with van der Waals surface area (Å²) in [6.45, 7) is 0. The van der Waals surface area contributed by atoms with Gasteiger partial charge in [0.25, 0.3) is 0 Å². The molecule has 1 fully saturated rings. The Morgan fingerprint density at radius 2 is 2.07 bits per heavy atom. The fourth-order valence-corrected chi connectivity index (χ4v) is 4.69. The molecule has 0 unspecified atom stereocenters. The number of allylic oxidation sites excluding steroid dienone is 1. The molecule has 0 saturated heterocycles. The predicted octanol–water partition coefficient (Wildman–Crippen LogP) is 2.78. The monoisotopic (exact) mass is 388 g/mol. The molecule has 2 heterocycles. The zero-order valence-corrected chi connectivity index (χ0v) is 16.5. The first-order valence-corrected chi connectivity index (χ1v) is 9.88. The van der Waals surface area contributed by atoms with Gasteiger partial charge in [-0.1, -0.05) is 24.3 Å². The molecule has 2 aromatic heterocycles. The van der Waals surface area contributed by atoms with Gasteiger partial charge in [0, 0.05) is 37.6 Å². The van der Waals surface area contributed by atoms with Crippen molar-refractivity contribution in [1.29, 1.82) is 0 Å². The molecule has 0 radical (unpaired) electrons. The maximum Gasteiger partial charge on any atom is 0.223 e. The van der Waals surface area contributed by atoms with Gasteiger partial charge in [-0.05, 0) is 36.5 Å². The molecule has 2 bridgehead atoms. The second-order valence-electron chi connectivity index (χ2n) is 8.13. The van der Waals surface area contributed by atoms with Gasteiger partial charge in [0.15, 0.2) is 5.65 Å². The molecule has 2 aliphatic carbocycles. The Hall–Kier alpha value is -3.35. The smallest absolute Gasteiger partial charge is 0.223 e. The number of aromatic amines is 1. The van der Waals surface area contributed by atoms with Crippen LogP contribution in [0.2, 0.25) is 0 Å². The summed E-state index contributed by atoms with van der Waals surface area (Å²) >= 11 is 0. The van der Waals surface area contributed by atoms with E-state index in [2.05, 4.69) is 49.5 Å². The third-order valence-electron chi connectivity index (χ3n) is 6.14. The summed E-state index contributed by atoms with van der Waals surface area (Å²) in [6.07, 6.45) is 7.05. The molecule has 7 heteroatoms. The highest BCUT2D eigenvalue weighted by Crippen LogP contribution is 2.45. The summed E-state index contributed by atoms with van der Waals surface area (Å²) in [7, 11) is 4.03. The van der Waals surface area contributed by atoms with Crippen molar-refractivity contribution in [2.24, 2.45) is 23.5 Å². The van der Waals surface area contributed by atoms with E-state index in [1.54, 1.807) is 6.20 Å². The highest BCUT2D eigenvalue weighted by atomic mass is 16.1. The number of rotatable bonds is 5. The van der Waals surface area contributed by atoms with Crippen molar-refractivity contribution in [2.75, 3.05) is 24.3 Å². The number of fused-ring (bicyclic) bond motifs is 3. The Balaban J connectivity index is 1.51. The number of imidazole rings is 1. The van der Waals surface area contributed by atoms with Gasteiger partial charge in [-0.3, -0.25) is 4.79 Å². The van der Waals surface area contributed by atoms with Crippen LogP contribution in [0.5, 0.6) is 0 Å². The number of aromatic nitrogens is 3. The fourth-order valence-electron chi connectivity index (χ4n) is 4.69. The Kier molecular flexibility index (Phi) is 4.04. The number of pyridine rings is 1. The van der Waals surface area contributed by atoms with E-state index in [0.717, 1.165) is 34.7 Å². The highest BCUT2D eigenvalue weighted by molar-refractivity contribution is 5.89. The van der Waals surface area contributed by atoms with E-state index >= 15 is 0 Å². The van der Waals surface area contributed by atoms with Gasteiger partial charge in [0.1, 0.15) is 11.3 Å². The average Bonchev–Trinajstić information content (AvgIpc) is 3.42. The third kappa shape index (κ3) is 2.93. The maximum atomic E-state index is 12.0. The first kappa shape index (κ1) is 17.7. The van der Waals surface area contributed by atoms with Gasteiger partial charge in [-0.2, -0.15) is 0 Å². The van der Waals surface area contributed by atoms with E-state index in [9.17, 15) is 4.79 Å². The summed E-state index contributed by atoms with van der Waals surface area (Å²) in [5.74, 6) is 0.894. The number of hydrogen-bond donors (Lipinski definition) is 3. The Morgan fingerprint density at radius 1 is 1.24 bits per heavy atom. The highest BCUT2D eigenvalue weighted by Gasteiger charge is 2.47. The van der Waals surface area contributed by atoms with Gasteiger partial charge in [-0.25, -0.2) is 9.97 Å². The summed E-state index contributed by atoms with van der Waals surface area (Å²) in [5.41, 5.74) is 10.2. The molecule has 2 aliphatic rings. The summed E-state index contributed by atoms with van der Waals surface area (Å²) < 4.78 is 0. The first-order chi connectivity index (χ1) is 14.0. The van der Waals surface area contributed by atoms with Crippen LogP contribution in [0, 0.1) is 17.8 Å². The number of nitrogens with zero attached hydrogens (tertiary/aromatic N) is 3. The summed E-state index contributed by atoms with van der Waals surface area (Å²) in [5, 5.41) is 3.57. The SMILES string of the molecule is CN(C)c1cccc(-c2nc3nccc(N[C@H]4[C@@H](C(N)=O)[C@@H]5C=C[C@@H]4C5)c3[nH]2)c1. The minimum atomic E-state index is -0.240. The van der Waals surface area contributed by atoms with Gasteiger partial charge in [0.2, 0.25) is 5.91 Å². The molecule has 0 aliphatic heterocycles. The van der Waals surface area contributed by atoms with Gasteiger partial charge < -0.3 is 20.9 Å². The van der Waals surface area contributed by atoms with Crippen LogP contribution in [-0.4, -0.2) is 41.0 Å². The van der Waals surface area contributed by atoms with E-state index in [1.807, 2.05) is 32.3 Å². The van der Waals surface area contributed by atoms with Crippen LogP contribution < -0.4 is 16.0 Å². The lowest BCUT2D eigenvalue weighted by atomic mass is 9.88. The van der Waals surface area contributed by atoms with Crippen molar-refractivity contribution in [3.8, 4) is 11.4 Å². The molecule has 148 valence electrons. The van der Waals surface area contributed by atoms with Gasteiger partial charge in [-0.15, -0.1) is 0 Å². The molecule has 4 atom stereocenters. The van der Waals surface area contributed by atoms with Gasteiger partial charge >= 0.3 is 0 Å². The van der Waals surface area contributed by atoms with Gasteiger partial charge in [0.05, 0.1) is 11.6 Å². The van der Waals surface area contributed by atoms with Crippen molar-refractivity contribution in [2.45, 2.75) is 12.5 Å². The number of carbonyl (C=O) groups excluding carboxylic acids is 1. The molecular weight excluding hydrogens is 364 g/mol. The number of benzene rings is 1. The largest absolute Gasteiger partial charge is 0.379 e. The van der Waals surface area contributed by atoms with Crippen LogP contribution >= 0.6 is 0 Å². The van der Waals surface area contributed by atoms with Crippen LogP contribution in [0.15, 0.2) is 48.7 Å². The molecule has 1 saturated carbocycles. The van der Waals surface area contributed by atoms with Crippen molar-refractivity contribution >= 4 is 28.4 Å². The summed E-state index contributed by atoms with van der Waals surface area (Å²) in [6, 6.07) is 10.1. The normalized spacial score (nSPS) is 24.9. The van der Waals surface area contributed by atoms with Crippen molar-refractivity contribution in [3.05, 3.63) is 48.7 Å². The molecule has 1 amide bonds. The topological polar surface area (TPSA) is 99.9 Å². The van der Waals surface area contributed by atoms with Crippen molar-refractivity contribution in [3.63, 3.8) is 0 Å². The van der Waals surface area contributed by atoms with Crippen LogP contribution in [0.3, 0.4) is 0 Å². The number of primary amides is 1. The molecule has 1 aromatic carbocycles. The van der Waals surface area contributed by atoms with E-state index in [1.165, 1.54) is 0 Å². The number of nitrogens with one attached hydrogen (secondary N) is 2. The zero-order valence-electron chi connectivity index (χ0n) is 16.5. The van der Waals surface area contributed by atoms with E-state index in [0.29, 0.717) is 11.6 Å². The lowest BCUT2D eigenvalue weighted by molar-refractivity contribution is -0.122. The number of carbonyl (C=O) groups is 1. The number of nitrogens with two attached hydrogens (primary N) is 1. The standard InChI is InChI=1S/C22H24N6O/c1-28(2)15-5-3-4-14(11-15)21-26-19-16(8-9-24-22(19)27-21)25-18-13-7-6-12(10-13)17(18)20(23)29/h3-9,11-13,17-18H,10H2,1-2H3,(H2,23,29)(H2,24,25,26,27)/t12-,13-,17+,18-/m1/s1. The maximum absolute atomic E-state index is 12.0. The second kappa shape index (κ2) is 6.62. The average molecular weight is 388 g/mol. The van der Waals surface area contributed by atoms with E-state index in [-0.39, 0.29) is 23.8 Å². The number of amides is 1. The lowest BCUT2D eigenvalue weighted by Crippen LogP contribution is -2.41. The molecule has 0 spiro atoms. The number of anilines is 2. The molecule has 3 aromatic rings. The third-order valence-corrected chi connectivity index (χ3v) is 6.14. The molecular formula is C22H24N6O. The fraction of sp³-hybridized carbons (Fsp3) is 0.318. The first-order valence-electron chi connectivity index (χ1n) is 9.88. The summed E-state index contributed by atoms with van der Waals surface area (Å²) in [4.78, 5) is 26.6. The van der Waals surface area contributed by atoms with Crippen LogP contribution in [0.25, 0.3) is 22.6 Å². The van der Waals surface area contributed by atoms with Crippen LogP contribution in [0.1, 0.15) is 6.42 Å². The predicted molar refractivity (Wildman–Crippen MR) is 114 cm³/mol. The lowest BCUT2D eigenvalue weighted by Gasteiger charge is -2.27. The minimum absolute atomic E-state index is 0.00285. The zero-order chi connectivity index (χ0) is 20.1. The molecule has 4 N–H and O–H groups in total. The number of hydrogen-bond acceptors (Lipinski definition) is 5. The molecule has 5 rings (SSSR count). The Bertz CT molecular complexity index is 1120. The van der Waals surface area contributed by atoms with E-state index < -0.39 is 0 Å². The Labute approximate surface area is 169 Å². The Morgan fingerprint density at radius 3 is 2.86 bits per heavy atom. The second-order valence-corrected chi connectivity index (χ2v) is 8.13. The quantitative estimate of drug-likeness (QED) is 0.584. The molecule has 7 nitrogen and oxygen atoms in total. The molecule has 29 heavy (non-hydrogen) atoms. The van der Waals surface area contributed by atoms with E-state index in [4.69, 9.17) is 5.73 Å². The van der Waals surface area contributed by atoms with Crippen LogP contribution in [-0.2, 0) is 4.79 Å². The minimum Gasteiger partial charge on any atom is -0.379 e. The van der Waals surface area contributed by atoms with Crippen LogP contribution in [0.4, 0.5) is 11.4 Å². The van der Waals surface area contributed by atoms with Crippen molar-refractivity contribution in [1.82, 2.24) is 15.0 Å². The number of H-pyrrole nitrogens is 1. The van der Waals surface area contributed by atoms with Crippen molar-refractivity contribution < 1.29 is 4.79 Å².